The third kappa shape index (κ3) is 3.58. The summed E-state index contributed by atoms with van der Waals surface area (Å²) in [5, 5.41) is 3.16. The van der Waals surface area contributed by atoms with Crippen LogP contribution in [0.5, 0.6) is 0 Å². The van der Waals surface area contributed by atoms with Gasteiger partial charge in [-0.25, -0.2) is 4.98 Å². The number of rotatable bonds is 5. The Morgan fingerprint density at radius 2 is 1.90 bits per heavy atom. The van der Waals surface area contributed by atoms with Crippen LogP contribution >= 0.6 is 15.9 Å². The molecule has 0 radical (unpaired) electrons. The van der Waals surface area contributed by atoms with Crippen LogP contribution in [0.25, 0.3) is 0 Å². The van der Waals surface area contributed by atoms with Gasteiger partial charge in [-0.15, -0.1) is 0 Å². The molecule has 20 heavy (non-hydrogen) atoms. The monoisotopic (exact) mass is 333 g/mol. The van der Waals surface area contributed by atoms with E-state index in [2.05, 4.69) is 75.4 Å². The molecule has 0 atom stereocenters. The molecule has 0 spiro atoms. The first-order valence-electron chi connectivity index (χ1n) is 6.67. The fourth-order valence-corrected chi connectivity index (χ4v) is 2.54. The van der Waals surface area contributed by atoms with Crippen LogP contribution in [-0.2, 0) is 13.1 Å². The Morgan fingerprint density at radius 3 is 2.55 bits per heavy atom. The molecule has 2 rings (SSSR count). The summed E-state index contributed by atoms with van der Waals surface area (Å²) >= 11 is 3.59. The number of anilines is 1. The van der Waals surface area contributed by atoms with Crippen LogP contribution in [0.1, 0.15) is 16.8 Å². The van der Waals surface area contributed by atoms with Gasteiger partial charge in [-0.3, -0.25) is 0 Å². The van der Waals surface area contributed by atoms with E-state index >= 15 is 0 Å². The zero-order chi connectivity index (χ0) is 14.5. The van der Waals surface area contributed by atoms with Crippen molar-refractivity contribution >= 4 is 21.7 Å². The molecule has 1 aromatic heterocycles. The van der Waals surface area contributed by atoms with Gasteiger partial charge in [0.1, 0.15) is 5.82 Å². The van der Waals surface area contributed by atoms with Gasteiger partial charge in [0.25, 0.3) is 0 Å². The maximum Gasteiger partial charge on any atom is 0.128 e. The summed E-state index contributed by atoms with van der Waals surface area (Å²) in [5.74, 6) is 0.998. The first-order valence-corrected chi connectivity index (χ1v) is 7.46. The summed E-state index contributed by atoms with van der Waals surface area (Å²) in [6.07, 6.45) is 0. The van der Waals surface area contributed by atoms with Crippen LogP contribution in [0, 0.1) is 6.92 Å². The predicted octanol–water partition coefficient (Wildman–Crippen LogP) is 3.51. The molecule has 0 fully saturated rings. The van der Waals surface area contributed by atoms with Crippen molar-refractivity contribution in [2.75, 3.05) is 19.0 Å². The number of nitrogens with one attached hydrogen (secondary N) is 1. The number of benzene rings is 1. The van der Waals surface area contributed by atoms with Gasteiger partial charge in [-0.1, -0.05) is 40.2 Å². The zero-order valence-electron chi connectivity index (χ0n) is 12.2. The molecule has 106 valence electrons. The topological polar surface area (TPSA) is 28.2 Å². The molecular formula is C16H20BrN3. The van der Waals surface area contributed by atoms with E-state index in [1.165, 1.54) is 11.1 Å². The predicted molar refractivity (Wildman–Crippen MR) is 88.0 cm³/mol. The fraction of sp³-hybridized carbons (Fsp3) is 0.312. The molecule has 0 saturated carbocycles. The molecule has 0 aliphatic heterocycles. The fourth-order valence-electron chi connectivity index (χ4n) is 2.13. The van der Waals surface area contributed by atoms with Crippen LogP contribution in [0.4, 0.5) is 5.82 Å². The van der Waals surface area contributed by atoms with E-state index < -0.39 is 0 Å². The van der Waals surface area contributed by atoms with Gasteiger partial charge >= 0.3 is 0 Å². The van der Waals surface area contributed by atoms with Crippen molar-refractivity contribution < 1.29 is 0 Å². The maximum atomic E-state index is 4.69. The lowest BCUT2D eigenvalue weighted by molar-refractivity contribution is 0.800. The number of hydrogen-bond acceptors (Lipinski definition) is 3. The molecule has 1 aromatic carbocycles. The van der Waals surface area contributed by atoms with E-state index in [-0.39, 0.29) is 0 Å². The largest absolute Gasteiger partial charge is 0.355 e. The van der Waals surface area contributed by atoms with Crippen LogP contribution in [-0.4, -0.2) is 19.1 Å². The average Bonchev–Trinajstić information content (AvgIpc) is 2.43. The van der Waals surface area contributed by atoms with E-state index in [1.54, 1.807) is 0 Å². The number of hydrogen-bond donors (Lipinski definition) is 1. The highest BCUT2D eigenvalue weighted by Crippen LogP contribution is 2.20. The maximum absolute atomic E-state index is 4.69. The van der Waals surface area contributed by atoms with Gasteiger partial charge in [-0.05, 0) is 37.2 Å². The van der Waals surface area contributed by atoms with Crippen LogP contribution in [0.2, 0.25) is 0 Å². The van der Waals surface area contributed by atoms with Crippen molar-refractivity contribution in [3.63, 3.8) is 0 Å². The summed E-state index contributed by atoms with van der Waals surface area (Å²) in [6.45, 7) is 3.74. The molecule has 0 unspecified atom stereocenters. The Bertz CT molecular complexity index is 584. The van der Waals surface area contributed by atoms with Gasteiger partial charge in [0.2, 0.25) is 0 Å². The third-order valence-electron chi connectivity index (χ3n) is 3.30. The number of halogens is 1. The van der Waals surface area contributed by atoms with E-state index in [1.807, 2.05) is 13.1 Å². The molecule has 0 bridgehead atoms. The summed E-state index contributed by atoms with van der Waals surface area (Å²) in [5.41, 5.74) is 3.58. The van der Waals surface area contributed by atoms with Crippen molar-refractivity contribution in [3.8, 4) is 0 Å². The van der Waals surface area contributed by atoms with Crippen molar-refractivity contribution in [2.24, 2.45) is 0 Å². The summed E-state index contributed by atoms with van der Waals surface area (Å²) in [4.78, 5) is 6.85. The van der Waals surface area contributed by atoms with Gasteiger partial charge in [0, 0.05) is 30.3 Å². The average molecular weight is 334 g/mol. The lowest BCUT2D eigenvalue weighted by Gasteiger charge is -2.20. The normalized spacial score (nSPS) is 10.6. The number of aryl methyl sites for hydroxylation is 1. The van der Waals surface area contributed by atoms with E-state index in [4.69, 9.17) is 0 Å². The smallest absolute Gasteiger partial charge is 0.128 e. The highest BCUT2D eigenvalue weighted by Gasteiger charge is 2.08. The molecule has 0 aliphatic rings. The third-order valence-corrected chi connectivity index (χ3v) is 4.08. The van der Waals surface area contributed by atoms with Crippen molar-refractivity contribution in [2.45, 2.75) is 20.0 Å². The van der Waals surface area contributed by atoms with E-state index in [0.717, 1.165) is 29.1 Å². The van der Waals surface area contributed by atoms with Crippen LogP contribution in [0.3, 0.4) is 0 Å². The van der Waals surface area contributed by atoms with Gasteiger partial charge in [0.15, 0.2) is 0 Å². The molecule has 4 heteroatoms. The molecule has 1 N–H and O–H groups in total. The number of pyridine rings is 1. The summed E-state index contributed by atoms with van der Waals surface area (Å²) < 4.78 is 1.13. The van der Waals surface area contributed by atoms with Gasteiger partial charge in [0.05, 0.1) is 0 Å². The second-order valence-electron chi connectivity index (χ2n) is 4.89. The Labute approximate surface area is 129 Å². The minimum absolute atomic E-state index is 0.833. The standard InChI is InChI=1S/C16H20BrN3/c1-12-13(10-18-2)8-9-16(19-12)20(3)11-14-6-4-5-7-15(14)17/h4-9,18H,10-11H2,1-3H3. The van der Waals surface area contributed by atoms with Crippen LogP contribution < -0.4 is 10.2 Å². The summed E-state index contributed by atoms with van der Waals surface area (Å²) in [6, 6.07) is 12.5. The van der Waals surface area contributed by atoms with Crippen molar-refractivity contribution in [1.82, 2.24) is 10.3 Å². The quantitative estimate of drug-likeness (QED) is 0.907. The first-order chi connectivity index (χ1) is 9.61. The summed E-state index contributed by atoms with van der Waals surface area (Å²) in [7, 11) is 4.02. The molecular weight excluding hydrogens is 314 g/mol. The molecule has 0 aliphatic carbocycles. The van der Waals surface area contributed by atoms with Gasteiger partial charge in [-0.2, -0.15) is 0 Å². The van der Waals surface area contributed by atoms with Gasteiger partial charge < -0.3 is 10.2 Å². The Morgan fingerprint density at radius 1 is 1.15 bits per heavy atom. The minimum Gasteiger partial charge on any atom is -0.355 e. The highest BCUT2D eigenvalue weighted by molar-refractivity contribution is 9.10. The Balaban J connectivity index is 2.15. The molecule has 0 saturated heterocycles. The highest BCUT2D eigenvalue weighted by atomic mass is 79.9. The SMILES string of the molecule is CNCc1ccc(N(C)Cc2ccccc2Br)nc1C. The molecule has 0 amide bonds. The lowest BCUT2D eigenvalue weighted by Crippen LogP contribution is -2.19. The minimum atomic E-state index is 0.833. The van der Waals surface area contributed by atoms with Crippen LogP contribution in [0.15, 0.2) is 40.9 Å². The van der Waals surface area contributed by atoms with Crippen molar-refractivity contribution in [1.29, 1.82) is 0 Å². The Hall–Kier alpha value is -1.39. The second-order valence-corrected chi connectivity index (χ2v) is 5.75. The van der Waals surface area contributed by atoms with E-state index in [9.17, 15) is 0 Å². The van der Waals surface area contributed by atoms with E-state index in [0.29, 0.717) is 0 Å². The molecule has 2 aromatic rings. The Kier molecular flexibility index (Phi) is 5.15. The molecule has 1 heterocycles. The number of aromatic nitrogens is 1. The number of nitrogens with zero attached hydrogens (tertiary/aromatic N) is 2. The zero-order valence-corrected chi connectivity index (χ0v) is 13.7. The molecule has 3 nitrogen and oxygen atoms in total. The lowest BCUT2D eigenvalue weighted by atomic mass is 10.2. The van der Waals surface area contributed by atoms with Crippen molar-refractivity contribution in [3.05, 3.63) is 57.7 Å². The first kappa shape index (κ1) is 15.0. The second kappa shape index (κ2) is 6.86.